The first-order chi connectivity index (χ1) is 11.2. The summed E-state index contributed by atoms with van der Waals surface area (Å²) in [5.41, 5.74) is 0.411. The molecule has 2 N–H and O–H groups in total. The molecule has 1 saturated carbocycles. The molecule has 24 heavy (non-hydrogen) atoms. The van der Waals surface area contributed by atoms with Crippen molar-refractivity contribution in [3.05, 3.63) is 34.6 Å². The van der Waals surface area contributed by atoms with Crippen LogP contribution in [0.5, 0.6) is 0 Å². The molecule has 2 atom stereocenters. The Morgan fingerprint density at radius 1 is 1.42 bits per heavy atom. The van der Waals surface area contributed by atoms with E-state index in [9.17, 15) is 9.18 Å². The van der Waals surface area contributed by atoms with Crippen molar-refractivity contribution in [3.8, 4) is 0 Å². The molecule has 0 aliphatic heterocycles. The van der Waals surface area contributed by atoms with Crippen molar-refractivity contribution in [2.45, 2.75) is 58.2 Å². The van der Waals surface area contributed by atoms with Crippen LogP contribution in [0.25, 0.3) is 0 Å². The lowest BCUT2D eigenvalue weighted by Crippen LogP contribution is -2.44. The van der Waals surface area contributed by atoms with E-state index in [1.807, 2.05) is 27.7 Å². The Balaban J connectivity index is 1.91. The lowest BCUT2D eigenvalue weighted by Gasteiger charge is -2.25. The van der Waals surface area contributed by atoms with Gasteiger partial charge in [-0.2, -0.15) is 0 Å². The Hall–Kier alpha value is -1.33. The minimum atomic E-state index is -0.509. The maximum atomic E-state index is 13.3. The maximum absolute atomic E-state index is 13.3. The highest BCUT2D eigenvalue weighted by atomic mass is 35.5. The lowest BCUT2D eigenvalue weighted by molar-refractivity contribution is 0.0520. The molecule has 1 aromatic rings. The zero-order chi connectivity index (χ0) is 17.9. The van der Waals surface area contributed by atoms with Crippen molar-refractivity contribution in [1.82, 2.24) is 10.6 Å². The van der Waals surface area contributed by atoms with Gasteiger partial charge in [0.2, 0.25) is 0 Å². The van der Waals surface area contributed by atoms with E-state index in [-0.39, 0.29) is 17.1 Å². The van der Waals surface area contributed by atoms with Crippen molar-refractivity contribution < 1.29 is 13.9 Å². The molecule has 0 radical (unpaired) electrons. The highest BCUT2D eigenvalue weighted by Crippen LogP contribution is 2.34. The van der Waals surface area contributed by atoms with Gasteiger partial charge in [0, 0.05) is 18.6 Å². The Labute approximate surface area is 148 Å². The average Bonchev–Trinajstić information content (AvgIpc) is 3.28. The van der Waals surface area contributed by atoms with Crippen molar-refractivity contribution >= 4 is 17.7 Å². The molecule has 1 fully saturated rings. The van der Waals surface area contributed by atoms with E-state index in [0.717, 1.165) is 18.4 Å². The fourth-order valence-corrected chi connectivity index (χ4v) is 2.76. The second-order valence-corrected chi connectivity index (χ2v) is 7.80. The first-order valence-electron chi connectivity index (χ1n) is 8.33. The number of hydrogen-bond acceptors (Lipinski definition) is 3. The van der Waals surface area contributed by atoms with Gasteiger partial charge in [-0.1, -0.05) is 17.7 Å². The van der Waals surface area contributed by atoms with Crippen LogP contribution in [0.2, 0.25) is 5.02 Å². The smallest absolute Gasteiger partial charge is 0.407 e. The van der Waals surface area contributed by atoms with Crippen LogP contribution in [-0.4, -0.2) is 24.3 Å². The fraction of sp³-hybridized carbons (Fsp3) is 0.611. The molecule has 0 bridgehead atoms. The van der Waals surface area contributed by atoms with Crippen LogP contribution in [-0.2, 0) is 4.74 Å². The van der Waals surface area contributed by atoms with E-state index in [4.69, 9.17) is 16.3 Å². The van der Waals surface area contributed by atoms with Crippen LogP contribution in [0.3, 0.4) is 0 Å². The first-order valence-corrected chi connectivity index (χ1v) is 8.71. The van der Waals surface area contributed by atoms with Crippen LogP contribution >= 0.6 is 11.6 Å². The van der Waals surface area contributed by atoms with Gasteiger partial charge in [-0.15, -0.1) is 0 Å². The largest absolute Gasteiger partial charge is 0.444 e. The molecular formula is C18H26ClFN2O2. The summed E-state index contributed by atoms with van der Waals surface area (Å²) in [5, 5.41) is 6.46. The van der Waals surface area contributed by atoms with E-state index in [1.165, 1.54) is 6.07 Å². The second kappa shape index (κ2) is 7.70. The molecule has 6 heteroatoms. The molecule has 1 aromatic carbocycles. The summed E-state index contributed by atoms with van der Waals surface area (Å²) in [5.74, 6) is 0.122. The van der Waals surface area contributed by atoms with E-state index < -0.39 is 17.5 Å². The summed E-state index contributed by atoms with van der Waals surface area (Å²) >= 11 is 5.86. The Kier molecular flexibility index (Phi) is 6.10. The van der Waals surface area contributed by atoms with Crippen molar-refractivity contribution in [2.75, 3.05) is 6.54 Å². The van der Waals surface area contributed by atoms with E-state index in [0.29, 0.717) is 12.5 Å². The molecule has 1 aliphatic carbocycles. The number of carbonyl (C=O) groups excluding carboxylic acids is 1. The molecule has 2 rings (SSSR count). The molecule has 2 unspecified atom stereocenters. The summed E-state index contributed by atoms with van der Waals surface area (Å²) in [7, 11) is 0. The number of amides is 1. The Morgan fingerprint density at radius 3 is 2.62 bits per heavy atom. The summed E-state index contributed by atoms with van der Waals surface area (Å²) in [6, 6.07) is 4.90. The number of alkyl carbamates (subject to hydrolysis) is 1. The van der Waals surface area contributed by atoms with Gasteiger partial charge in [-0.3, -0.25) is 0 Å². The van der Waals surface area contributed by atoms with Gasteiger partial charge in [0.1, 0.15) is 11.4 Å². The highest BCUT2D eigenvalue weighted by Gasteiger charge is 2.32. The minimum Gasteiger partial charge on any atom is -0.444 e. The number of hydrogen-bond donors (Lipinski definition) is 2. The predicted octanol–water partition coefficient (Wildman–Crippen LogP) is 4.43. The van der Waals surface area contributed by atoms with Crippen molar-refractivity contribution in [2.24, 2.45) is 5.92 Å². The van der Waals surface area contributed by atoms with Gasteiger partial charge in [0.05, 0.1) is 5.02 Å². The average molecular weight is 357 g/mol. The summed E-state index contributed by atoms with van der Waals surface area (Å²) in [6.45, 7) is 8.02. The molecule has 4 nitrogen and oxygen atoms in total. The van der Waals surface area contributed by atoms with Crippen LogP contribution in [0, 0.1) is 11.7 Å². The van der Waals surface area contributed by atoms with Gasteiger partial charge in [-0.05, 0) is 64.2 Å². The van der Waals surface area contributed by atoms with Crippen LogP contribution in [0.1, 0.15) is 52.1 Å². The minimum absolute atomic E-state index is 0.00846. The van der Waals surface area contributed by atoms with E-state index >= 15 is 0 Å². The van der Waals surface area contributed by atoms with Gasteiger partial charge >= 0.3 is 6.09 Å². The van der Waals surface area contributed by atoms with Crippen molar-refractivity contribution in [1.29, 1.82) is 0 Å². The molecule has 1 aliphatic rings. The summed E-state index contributed by atoms with van der Waals surface area (Å²) in [6.07, 6.45) is 1.88. The molecule has 0 saturated heterocycles. The number of nitrogens with one attached hydrogen (secondary N) is 2. The normalized spacial score (nSPS) is 17.2. The monoisotopic (exact) mass is 356 g/mol. The van der Waals surface area contributed by atoms with Gasteiger partial charge < -0.3 is 15.4 Å². The Morgan fingerprint density at radius 2 is 2.08 bits per heavy atom. The van der Waals surface area contributed by atoms with Gasteiger partial charge in [-0.25, -0.2) is 9.18 Å². The van der Waals surface area contributed by atoms with Crippen LogP contribution in [0.15, 0.2) is 18.2 Å². The zero-order valence-corrected chi connectivity index (χ0v) is 15.4. The Bertz CT molecular complexity index is 585. The summed E-state index contributed by atoms with van der Waals surface area (Å²) < 4.78 is 18.6. The van der Waals surface area contributed by atoms with Crippen molar-refractivity contribution in [3.63, 3.8) is 0 Å². The standard InChI is InChI=1S/C18H26ClFN2O2/c1-11(13-7-8-15(20)14(19)9-13)22-16(12-5-6-12)10-21-17(23)24-18(2,3)4/h7-9,11-12,16,22H,5-6,10H2,1-4H3,(H,21,23). The number of halogens is 2. The quantitative estimate of drug-likeness (QED) is 0.792. The number of ether oxygens (including phenoxy) is 1. The third-order valence-electron chi connectivity index (χ3n) is 3.96. The SMILES string of the molecule is CC(NC(CNC(=O)OC(C)(C)C)C1CC1)c1ccc(F)c(Cl)c1. The number of carbonyl (C=O) groups is 1. The van der Waals surface area contributed by atoms with E-state index in [1.54, 1.807) is 12.1 Å². The second-order valence-electron chi connectivity index (χ2n) is 7.39. The third-order valence-corrected chi connectivity index (χ3v) is 4.25. The molecular weight excluding hydrogens is 331 g/mol. The van der Waals surface area contributed by atoms with E-state index in [2.05, 4.69) is 10.6 Å². The summed E-state index contributed by atoms with van der Waals surface area (Å²) in [4.78, 5) is 11.8. The molecule has 0 aromatic heterocycles. The molecule has 0 spiro atoms. The molecule has 0 heterocycles. The lowest BCUT2D eigenvalue weighted by atomic mass is 10.1. The van der Waals surface area contributed by atoms with Gasteiger partial charge in [0.25, 0.3) is 0 Å². The molecule has 134 valence electrons. The fourth-order valence-electron chi connectivity index (χ4n) is 2.57. The third kappa shape index (κ3) is 5.95. The maximum Gasteiger partial charge on any atom is 0.407 e. The zero-order valence-electron chi connectivity index (χ0n) is 14.7. The molecule has 1 amide bonds. The van der Waals surface area contributed by atoms with Gasteiger partial charge in [0.15, 0.2) is 0 Å². The van der Waals surface area contributed by atoms with Crippen LogP contribution in [0.4, 0.5) is 9.18 Å². The topological polar surface area (TPSA) is 50.4 Å². The van der Waals surface area contributed by atoms with Crippen LogP contribution < -0.4 is 10.6 Å². The number of benzene rings is 1. The first kappa shape index (κ1) is 19.0. The predicted molar refractivity (Wildman–Crippen MR) is 93.7 cm³/mol. The number of rotatable bonds is 6. The highest BCUT2D eigenvalue weighted by molar-refractivity contribution is 6.30.